The second kappa shape index (κ2) is 4.18. The molecule has 0 saturated carbocycles. The number of hydrogen-bond donors (Lipinski definition) is 1. The predicted octanol–water partition coefficient (Wildman–Crippen LogP) is 3.20. The fraction of sp³-hybridized carbons (Fsp3) is 0.0769. The number of pyridine rings is 2. The molecular weight excluding hydrogens is 234 g/mol. The summed E-state index contributed by atoms with van der Waals surface area (Å²) in [5.74, 6) is 0. The summed E-state index contributed by atoms with van der Waals surface area (Å²) in [6, 6.07) is 7.81. The summed E-state index contributed by atoms with van der Waals surface area (Å²) in [7, 11) is 0. The first-order chi connectivity index (χ1) is 8.33. The Kier molecular flexibility index (Phi) is 2.53. The molecule has 0 saturated heterocycles. The Morgan fingerprint density at radius 2 is 2.12 bits per heavy atom. The molecule has 3 heterocycles. The molecule has 3 nitrogen and oxygen atoms in total. The SMILES string of the molecule is Clc1ccc(Cc2c[nH]c3ncccc23)cn1. The Balaban J connectivity index is 1.97. The highest BCUT2D eigenvalue weighted by Gasteiger charge is 2.04. The maximum Gasteiger partial charge on any atom is 0.137 e. The van der Waals surface area contributed by atoms with E-state index >= 15 is 0 Å². The average Bonchev–Trinajstić information content (AvgIpc) is 2.76. The smallest absolute Gasteiger partial charge is 0.137 e. The van der Waals surface area contributed by atoms with Crippen LogP contribution in [0.25, 0.3) is 11.0 Å². The molecule has 4 heteroatoms. The zero-order valence-electron chi connectivity index (χ0n) is 9.02. The number of aromatic nitrogens is 3. The Hall–Kier alpha value is -1.87. The number of H-pyrrole nitrogens is 1. The van der Waals surface area contributed by atoms with Crippen molar-refractivity contribution in [2.75, 3.05) is 0 Å². The Bertz CT molecular complexity index is 643. The third-order valence-corrected chi connectivity index (χ3v) is 2.94. The lowest BCUT2D eigenvalue weighted by molar-refractivity contribution is 1.15. The summed E-state index contributed by atoms with van der Waals surface area (Å²) >= 11 is 5.76. The van der Waals surface area contributed by atoms with Crippen molar-refractivity contribution in [2.24, 2.45) is 0 Å². The van der Waals surface area contributed by atoms with Gasteiger partial charge in [-0.1, -0.05) is 17.7 Å². The van der Waals surface area contributed by atoms with Crippen LogP contribution in [0.5, 0.6) is 0 Å². The Morgan fingerprint density at radius 3 is 2.94 bits per heavy atom. The van der Waals surface area contributed by atoms with E-state index in [9.17, 15) is 0 Å². The third kappa shape index (κ3) is 2.01. The quantitative estimate of drug-likeness (QED) is 0.703. The molecule has 84 valence electrons. The van der Waals surface area contributed by atoms with Crippen LogP contribution in [0.3, 0.4) is 0 Å². The minimum Gasteiger partial charge on any atom is -0.346 e. The maximum atomic E-state index is 5.76. The van der Waals surface area contributed by atoms with Crippen molar-refractivity contribution in [2.45, 2.75) is 6.42 Å². The van der Waals surface area contributed by atoms with Crippen molar-refractivity contribution in [3.8, 4) is 0 Å². The molecule has 1 N–H and O–H groups in total. The molecule has 0 aliphatic carbocycles. The van der Waals surface area contributed by atoms with E-state index in [1.807, 2.05) is 24.4 Å². The number of halogens is 1. The van der Waals surface area contributed by atoms with Crippen LogP contribution in [-0.2, 0) is 6.42 Å². The predicted molar refractivity (Wildman–Crippen MR) is 68.1 cm³/mol. The number of nitrogens with zero attached hydrogens (tertiary/aromatic N) is 2. The highest BCUT2D eigenvalue weighted by molar-refractivity contribution is 6.29. The van der Waals surface area contributed by atoms with E-state index in [2.05, 4.69) is 21.0 Å². The highest BCUT2D eigenvalue weighted by atomic mass is 35.5. The molecule has 0 radical (unpaired) electrons. The van der Waals surface area contributed by atoms with Crippen LogP contribution in [0.4, 0.5) is 0 Å². The Morgan fingerprint density at radius 1 is 1.18 bits per heavy atom. The van der Waals surface area contributed by atoms with Gasteiger partial charge in [0, 0.05) is 30.4 Å². The average molecular weight is 244 g/mol. The van der Waals surface area contributed by atoms with Gasteiger partial charge in [0.15, 0.2) is 0 Å². The van der Waals surface area contributed by atoms with Crippen LogP contribution in [0.1, 0.15) is 11.1 Å². The fourth-order valence-electron chi connectivity index (χ4n) is 1.89. The zero-order chi connectivity index (χ0) is 11.7. The van der Waals surface area contributed by atoms with E-state index in [0.717, 1.165) is 23.0 Å². The summed E-state index contributed by atoms with van der Waals surface area (Å²) in [6.07, 6.45) is 6.41. The number of rotatable bonds is 2. The molecular formula is C13H10ClN3. The minimum absolute atomic E-state index is 0.523. The molecule has 0 fully saturated rings. The van der Waals surface area contributed by atoms with Gasteiger partial charge >= 0.3 is 0 Å². The molecule has 3 rings (SSSR count). The minimum atomic E-state index is 0.523. The highest BCUT2D eigenvalue weighted by Crippen LogP contribution is 2.19. The molecule has 0 aliphatic heterocycles. The van der Waals surface area contributed by atoms with Crippen molar-refractivity contribution in [3.05, 3.63) is 59.1 Å². The third-order valence-electron chi connectivity index (χ3n) is 2.72. The van der Waals surface area contributed by atoms with Crippen molar-refractivity contribution >= 4 is 22.6 Å². The molecule has 0 aliphatic rings. The number of nitrogens with one attached hydrogen (secondary N) is 1. The van der Waals surface area contributed by atoms with Gasteiger partial charge in [0.1, 0.15) is 10.8 Å². The van der Waals surface area contributed by atoms with E-state index in [0.29, 0.717) is 5.15 Å². The van der Waals surface area contributed by atoms with Gasteiger partial charge in [-0.3, -0.25) is 0 Å². The first-order valence-corrected chi connectivity index (χ1v) is 5.72. The normalized spacial score (nSPS) is 10.9. The van der Waals surface area contributed by atoms with Gasteiger partial charge in [-0.15, -0.1) is 0 Å². The summed E-state index contributed by atoms with van der Waals surface area (Å²) in [4.78, 5) is 11.5. The molecule has 0 spiro atoms. The maximum absolute atomic E-state index is 5.76. The van der Waals surface area contributed by atoms with Gasteiger partial charge in [0.2, 0.25) is 0 Å². The fourth-order valence-corrected chi connectivity index (χ4v) is 2.00. The number of fused-ring (bicyclic) bond motifs is 1. The molecule has 17 heavy (non-hydrogen) atoms. The van der Waals surface area contributed by atoms with Crippen molar-refractivity contribution in [3.63, 3.8) is 0 Å². The van der Waals surface area contributed by atoms with Crippen molar-refractivity contribution in [1.29, 1.82) is 0 Å². The molecule has 0 amide bonds. The van der Waals surface area contributed by atoms with Crippen molar-refractivity contribution in [1.82, 2.24) is 15.0 Å². The van der Waals surface area contributed by atoms with Crippen LogP contribution in [-0.4, -0.2) is 15.0 Å². The van der Waals surface area contributed by atoms with Gasteiger partial charge in [0.25, 0.3) is 0 Å². The lowest BCUT2D eigenvalue weighted by Gasteiger charge is -1.99. The second-order valence-electron chi connectivity index (χ2n) is 3.88. The van der Waals surface area contributed by atoms with Crippen LogP contribution < -0.4 is 0 Å². The first-order valence-electron chi connectivity index (χ1n) is 5.34. The Labute approximate surface area is 103 Å². The molecule has 0 atom stereocenters. The van der Waals surface area contributed by atoms with Gasteiger partial charge in [-0.2, -0.15) is 0 Å². The van der Waals surface area contributed by atoms with E-state index < -0.39 is 0 Å². The molecule has 0 bridgehead atoms. The van der Waals surface area contributed by atoms with Gasteiger partial charge in [0.05, 0.1) is 0 Å². The molecule has 3 aromatic heterocycles. The molecule has 0 unspecified atom stereocenters. The van der Waals surface area contributed by atoms with Crippen LogP contribution in [0.2, 0.25) is 5.15 Å². The first kappa shape index (κ1) is 10.3. The lowest BCUT2D eigenvalue weighted by atomic mass is 10.1. The summed E-state index contributed by atoms with van der Waals surface area (Å²) in [5, 5.41) is 1.68. The standard InChI is InChI=1S/C13H10ClN3/c14-12-4-3-9(7-16-12)6-10-8-17-13-11(10)2-1-5-15-13/h1-5,7-8H,6H2,(H,15,17). The second-order valence-corrected chi connectivity index (χ2v) is 4.27. The lowest BCUT2D eigenvalue weighted by Crippen LogP contribution is -1.88. The number of hydrogen-bond acceptors (Lipinski definition) is 2. The van der Waals surface area contributed by atoms with Crippen molar-refractivity contribution < 1.29 is 0 Å². The number of aromatic amines is 1. The topological polar surface area (TPSA) is 41.6 Å². The summed E-state index contributed by atoms with van der Waals surface area (Å²) in [5.41, 5.74) is 3.28. The van der Waals surface area contributed by atoms with Gasteiger partial charge in [-0.25, -0.2) is 9.97 Å². The summed E-state index contributed by atoms with van der Waals surface area (Å²) < 4.78 is 0. The monoisotopic (exact) mass is 243 g/mol. The summed E-state index contributed by atoms with van der Waals surface area (Å²) in [6.45, 7) is 0. The van der Waals surface area contributed by atoms with Gasteiger partial charge in [-0.05, 0) is 29.3 Å². The van der Waals surface area contributed by atoms with E-state index in [1.165, 1.54) is 5.56 Å². The van der Waals surface area contributed by atoms with E-state index in [4.69, 9.17) is 11.6 Å². The zero-order valence-corrected chi connectivity index (χ0v) is 9.78. The molecule has 0 aromatic carbocycles. The van der Waals surface area contributed by atoms with Crippen LogP contribution >= 0.6 is 11.6 Å². The van der Waals surface area contributed by atoms with E-state index in [1.54, 1.807) is 12.4 Å². The van der Waals surface area contributed by atoms with E-state index in [-0.39, 0.29) is 0 Å². The van der Waals surface area contributed by atoms with Crippen LogP contribution in [0, 0.1) is 0 Å². The largest absolute Gasteiger partial charge is 0.346 e. The van der Waals surface area contributed by atoms with Gasteiger partial charge < -0.3 is 4.98 Å². The van der Waals surface area contributed by atoms with Crippen LogP contribution in [0.15, 0.2) is 42.9 Å². The molecule has 3 aromatic rings.